The Kier molecular flexibility index (Phi) is 5.46. The SMILES string of the molecule is CC(O)C[C@@]1(CCc2cccs2)CCN(Cc2cccnc2)C1. The molecular formula is C19H26N2OS. The molecule has 124 valence electrons. The molecule has 2 atom stereocenters. The van der Waals surface area contributed by atoms with Crippen molar-refractivity contribution in [2.75, 3.05) is 13.1 Å². The van der Waals surface area contributed by atoms with Gasteiger partial charge in [-0.2, -0.15) is 0 Å². The lowest BCUT2D eigenvalue weighted by Crippen LogP contribution is -2.30. The average Bonchev–Trinajstić information content (AvgIpc) is 3.16. The first-order chi connectivity index (χ1) is 11.2. The minimum atomic E-state index is -0.225. The van der Waals surface area contributed by atoms with E-state index in [0.717, 1.165) is 32.5 Å². The van der Waals surface area contributed by atoms with Crippen LogP contribution in [0, 0.1) is 5.41 Å². The zero-order valence-electron chi connectivity index (χ0n) is 13.8. The third-order valence-corrected chi connectivity index (χ3v) is 5.79. The third kappa shape index (κ3) is 4.63. The second-order valence-corrected chi connectivity index (χ2v) is 7.99. The molecule has 0 saturated carbocycles. The smallest absolute Gasteiger partial charge is 0.0517 e. The summed E-state index contributed by atoms with van der Waals surface area (Å²) in [6.07, 6.45) is 7.95. The lowest BCUT2D eigenvalue weighted by atomic mass is 9.77. The van der Waals surface area contributed by atoms with Crippen molar-refractivity contribution < 1.29 is 5.11 Å². The Labute approximate surface area is 143 Å². The van der Waals surface area contributed by atoms with Gasteiger partial charge in [-0.25, -0.2) is 0 Å². The number of aryl methyl sites for hydroxylation is 1. The third-order valence-electron chi connectivity index (χ3n) is 4.86. The zero-order valence-corrected chi connectivity index (χ0v) is 14.6. The first-order valence-electron chi connectivity index (χ1n) is 8.47. The summed E-state index contributed by atoms with van der Waals surface area (Å²) in [7, 11) is 0. The fourth-order valence-electron chi connectivity index (χ4n) is 3.86. The van der Waals surface area contributed by atoms with E-state index in [1.165, 1.54) is 23.3 Å². The number of nitrogens with zero attached hydrogens (tertiary/aromatic N) is 2. The van der Waals surface area contributed by atoms with Crippen LogP contribution in [0.2, 0.25) is 0 Å². The van der Waals surface area contributed by atoms with Crippen molar-refractivity contribution in [1.82, 2.24) is 9.88 Å². The number of likely N-dealkylation sites (tertiary alicyclic amines) is 1. The van der Waals surface area contributed by atoms with E-state index in [-0.39, 0.29) is 11.5 Å². The van der Waals surface area contributed by atoms with Gasteiger partial charge in [-0.1, -0.05) is 12.1 Å². The van der Waals surface area contributed by atoms with Crippen LogP contribution in [0.4, 0.5) is 0 Å². The minimum absolute atomic E-state index is 0.225. The molecule has 3 nitrogen and oxygen atoms in total. The standard InChI is InChI=1S/C19H26N2OS/c1-16(22)12-19(7-6-18-5-3-11-23-18)8-10-21(15-19)14-17-4-2-9-20-13-17/h2-5,9,11,13,16,22H,6-8,10,12,14-15H2,1H3/t16?,19-/m1/s1. The maximum absolute atomic E-state index is 9.99. The average molecular weight is 330 g/mol. The van der Waals surface area contributed by atoms with E-state index < -0.39 is 0 Å². The van der Waals surface area contributed by atoms with Gasteiger partial charge in [0.15, 0.2) is 0 Å². The predicted molar refractivity (Wildman–Crippen MR) is 95.5 cm³/mol. The van der Waals surface area contributed by atoms with Crippen LogP contribution in [0.15, 0.2) is 42.0 Å². The molecule has 1 saturated heterocycles. The molecule has 23 heavy (non-hydrogen) atoms. The van der Waals surface area contributed by atoms with Crippen molar-refractivity contribution in [2.45, 2.75) is 45.3 Å². The maximum atomic E-state index is 9.99. The number of aliphatic hydroxyl groups excluding tert-OH is 1. The van der Waals surface area contributed by atoms with E-state index in [9.17, 15) is 5.11 Å². The van der Waals surface area contributed by atoms with E-state index in [4.69, 9.17) is 0 Å². The second kappa shape index (κ2) is 7.56. The van der Waals surface area contributed by atoms with Crippen LogP contribution in [0.1, 0.15) is 36.6 Å². The van der Waals surface area contributed by atoms with E-state index in [2.05, 4.69) is 33.5 Å². The molecule has 1 aliphatic heterocycles. The molecule has 0 spiro atoms. The molecule has 1 fully saturated rings. The Morgan fingerprint density at radius 3 is 3.00 bits per heavy atom. The summed E-state index contributed by atoms with van der Waals surface area (Å²) in [6.45, 7) is 5.09. The minimum Gasteiger partial charge on any atom is -0.393 e. The molecular weight excluding hydrogens is 304 g/mol. The lowest BCUT2D eigenvalue weighted by Gasteiger charge is -2.31. The highest BCUT2D eigenvalue weighted by molar-refractivity contribution is 7.09. The van der Waals surface area contributed by atoms with Gasteiger partial charge in [-0.3, -0.25) is 9.88 Å². The number of aromatic nitrogens is 1. The van der Waals surface area contributed by atoms with Crippen LogP contribution in [0.3, 0.4) is 0 Å². The second-order valence-electron chi connectivity index (χ2n) is 6.95. The van der Waals surface area contributed by atoms with Gasteiger partial charge >= 0.3 is 0 Å². The lowest BCUT2D eigenvalue weighted by molar-refractivity contribution is 0.105. The van der Waals surface area contributed by atoms with Gasteiger partial charge in [0.2, 0.25) is 0 Å². The normalized spacial score (nSPS) is 23.2. The van der Waals surface area contributed by atoms with Crippen LogP contribution in [-0.2, 0) is 13.0 Å². The highest BCUT2D eigenvalue weighted by Crippen LogP contribution is 2.40. The van der Waals surface area contributed by atoms with Crippen LogP contribution in [0.5, 0.6) is 0 Å². The van der Waals surface area contributed by atoms with Gasteiger partial charge in [-0.05, 0) is 67.6 Å². The van der Waals surface area contributed by atoms with E-state index in [1.807, 2.05) is 36.7 Å². The van der Waals surface area contributed by atoms with Gasteiger partial charge in [0, 0.05) is 30.4 Å². The van der Waals surface area contributed by atoms with Gasteiger partial charge in [-0.15, -0.1) is 11.3 Å². The van der Waals surface area contributed by atoms with Crippen molar-refractivity contribution in [3.8, 4) is 0 Å². The fraction of sp³-hybridized carbons (Fsp3) is 0.526. The zero-order chi connectivity index (χ0) is 16.1. The first-order valence-corrected chi connectivity index (χ1v) is 9.35. The summed E-state index contributed by atoms with van der Waals surface area (Å²) >= 11 is 1.84. The van der Waals surface area contributed by atoms with Gasteiger partial charge < -0.3 is 5.11 Å². The van der Waals surface area contributed by atoms with Gasteiger partial charge in [0.1, 0.15) is 0 Å². The van der Waals surface area contributed by atoms with Gasteiger partial charge in [0.25, 0.3) is 0 Å². The monoisotopic (exact) mass is 330 g/mol. The Morgan fingerprint density at radius 2 is 2.30 bits per heavy atom. The quantitative estimate of drug-likeness (QED) is 0.840. The number of rotatable bonds is 7. The van der Waals surface area contributed by atoms with Crippen molar-refractivity contribution >= 4 is 11.3 Å². The van der Waals surface area contributed by atoms with Crippen LogP contribution in [0.25, 0.3) is 0 Å². The molecule has 0 amide bonds. The van der Waals surface area contributed by atoms with Crippen LogP contribution < -0.4 is 0 Å². The summed E-state index contributed by atoms with van der Waals surface area (Å²) in [4.78, 5) is 8.20. The summed E-state index contributed by atoms with van der Waals surface area (Å²) in [5, 5.41) is 12.1. The number of hydrogen-bond donors (Lipinski definition) is 1. The molecule has 0 bridgehead atoms. The van der Waals surface area contributed by atoms with Crippen LogP contribution in [-0.4, -0.2) is 34.2 Å². The summed E-state index contributed by atoms with van der Waals surface area (Å²) in [5.74, 6) is 0. The Bertz CT molecular complexity index is 585. The molecule has 1 unspecified atom stereocenters. The van der Waals surface area contributed by atoms with Crippen molar-refractivity contribution in [3.05, 3.63) is 52.5 Å². The summed E-state index contributed by atoms with van der Waals surface area (Å²) < 4.78 is 0. The number of pyridine rings is 1. The maximum Gasteiger partial charge on any atom is 0.0517 e. The summed E-state index contributed by atoms with van der Waals surface area (Å²) in [6, 6.07) is 8.51. The highest BCUT2D eigenvalue weighted by Gasteiger charge is 2.38. The first kappa shape index (κ1) is 16.6. The number of aliphatic hydroxyl groups is 1. The molecule has 1 N–H and O–H groups in total. The Morgan fingerprint density at radius 1 is 1.39 bits per heavy atom. The van der Waals surface area contributed by atoms with E-state index in [0.29, 0.717) is 0 Å². The predicted octanol–water partition coefficient (Wildman–Crippen LogP) is 3.74. The van der Waals surface area contributed by atoms with Gasteiger partial charge in [0.05, 0.1) is 6.10 Å². The largest absolute Gasteiger partial charge is 0.393 e. The van der Waals surface area contributed by atoms with E-state index in [1.54, 1.807) is 0 Å². The molecule has 0 aliphatic carbocycles. The molecule has 3 heterocycles. The number of hydrogen-bond acceptors (Lipinski definition) is 4. The molecule has 0 aromatic carbocycles. The van der Waals surface area contributed by atoms with Crippen molar-refractivity contribution in [1.29, 1.82) is 0 Å². The topological polar surface area (TPSA) is 36.4 Å². The number of thiophene rings is 1. The molecule has 3 rings (SSSR count). The van der Waals surface area contributed by atoms with Crippen molar-refractivity contribution in [2.24, 2.45) is 5.41 Å². The molecule has 1 aliphatic rings. The Hall–Kier alpha value is -1.23. The molecule has 2 aromatic rings. The highest BCUT2D eigenvalue weighted by atomic mass is 32.1. The van der Waals surface area contributed by atoms with E-state index >= 15 is 0 Å². The molecule has 4 heteroatoms. The Balaban J connectivity index is 1.63. The molecule has 2 aromatic heterocycles. The van der Waals surface area contributed by atoms with Crippen molar-refractivity contribution in [3.63, 3.8) is 0 Å². The summed E-state index contributed by atoms with van der Waals surface area (Å²) in [5.41, 5.74) is 1.53. The van der Waals surface area contributed by atoms with Crippen LogP contribution >= 0.6 is 11.3 Å². The fourth-order valence-corrected chi connectivity index (χ4v) is 4.56. The molecule has 0 radical (unpaired) electrons.